The lowest BCUT2D eigenvalue weighted by molar-refractivity contribution is -0.260. The lowest BCUT2D eigenvalue weighted by atomic mass is 10.0. The Morgan fingerprint density at radius 3 is 1.92 bits per heavy atom. The number of rotatable bonds is 7. The van der Waals surface area contributed by atoms with Gasteiger partial charge < -0.3 is 19.3 Å². The molecular weight excluding hydrogens is 431 g/mol. The maximum Gasteiger partial charge on any atom is 0.181 e. The van der Waals surface area contributed by atoms with Crippen LogP contribution < -0.4 is 0 Å². The predicted molar refractivity (Wildman–Crippen MR) is 104 cm³/mol. The molecule has 0 radical (unpaired) electrons. The molecule has 4 atom stereocenters. The summed E-state index contributed by atoms with van der Waals surface area (Å²) in [4.78, 5) is 0. The second-order valence-corrected chi connectivity index (χ2v) is 7.01. The van der Waals surface area contributed by atoms with Crippen LogP contribution in [-0.4, -0.2) is 34.1 Å². The van der Waals surface area contributed by atoms with Gasteiger partial charge >= 0.3 is 0 Å². The monoisotopic (exact) mass is 454 g/mol. The van der Waals surface area contributed by atoms with Gasteiger partial charge in [-0.1, -0.05) is 83.3 Å². The van der Waals surface area contributed by atoms with Gasteiger partial charge in [-0.3, -0.25) is 0 Å². The maximum absolute atomic E-state index is 10.2. The summed E-state index contributed by atoms with van der Waals surface area (Å²) in [7, 11) is 0. The Balaban J connectivity index is 1.57. The summed E-state index contributed by atoms with van der Waals surface area (Å²) in [6.07, 6.45) is -0.911. The topological polar surface area (TPSA) is 47.9 Å². The Bertz CT molecular complexity index is 622. The summed E-state index contributed by atoms with van der Waals surface area (Å²) < 4.78 is 18.5. The van der Waals surface area contributed by atoms with Crippen molar-refractivity contribution in [2.75, 3.05) is 4.43 Å². The van der Waals surface area contributed by atoms with Crippen molar-refractivity contribution in [3.63, 3.8) is 0 Å². The molecule has 1 fully saturated rings. The normalized spacial score (nSPS) is 26.5. The van der Waals surface area contributed by atoms with Gasteiger partial charge in [0.1, 0.15) is 6.10 Å². The molecule has 0 amide bonds. The molecule has 2 aromatic carbocycles. The molecule has 2 aromatic rings. The third-order valence-corrected chi connectivity index (χ3v) is 5.15. The molecule has 3 rings (SSSR count). The van der Waals surface area contributed by atoms with E-state index in [2.05, 4.69) is 22.6 Å². The number of hydrogen-bond donors (Lipinski definition) is 1. The Kier molecular flexibility index (Phi) is 7.24. The standard InChI is InChI=1S/C20H23IO4/c21-12-19-17(23-13-15-7-3-1-4-8-15)11-18(20(22)25-19)24-14-16-9-5-2-6-10-16/h1-10,17-20,22H,11-14H2/t17-,18-,19+,20-/m0/s1. The van der Waals surface area contributed by atoms with Crippen LogP contribution in [0.3, 0.4) is 0 Å². The van der Waals surface area contributed by atoms with E-state index in [1.165, 1.54) is 0 Å². The molecule has 0 saturated carbocycles. The highest BCUT2D eigenvalue weighted by molar-refractivity contribution is 14.1. The van der Waals surface area contributed by atoms with Crippen LogP contribution in [0.25, 0.3) is 0 Å². The van der Waals surface area contributed by atoms with Crippen molar-refractivity contribution in [3.8, 4) is 0 Å². The summed E-state index contributed by atoms with van der Waals surface area (Å²) in [5, 5.41) is 10.2. The molecule has 0 unspecified atom stereocenters. The number of hydrogen-bond acceptors (Lipinski definition) is 4. The first-order valence-electron chi connectivity index (χ1n) is 8.47. The zero-order valence-electron chi connectivity index (χ0n) is 14.0. The van der Waals surface area contributed by atoms with Crippen LogP contribution in [0.15, 0.2) is 60.7 Å². The fourth-order valence-electron chi connectivity index (χ4n) is 2.87. The largest absolute Gasteiger partial charge is 0.371 e. The van der Waals surface area contributed by atoms with Crippen LogP contribution in [0.2, 0.25) is 0 Å². The first-order chi connectivity index (χ1) is 12.3. The number of benzene rings is 2. The highest BCUT2D eigenvalue weighted by atomic mass is 127. The van der Waals surface area contributed by atoms with Crippen molar-refractivity contribution in [2.45, 2.75) is 44.2 Å². The molecule has 1 aliphatic rings. The van der Waals surface area contributed by atoms with E-state index < -0.39 is 6.29 Å². The first-order valence-corrected chi connectivity index (χ1v) is 9.99. The number of ether oxygens (including phenoxy) is 3. The molecular formula is C20H23IO4. The van der Waals surface area contributed by atoms with E-state index in [0.717, 1.165) is 15.6 Å². The van der Waals surface area contributed by atoms with Gasteiger partial charge in [-0.2, -0.15) is 0 Å². The summed E-state index contributed by atoms with van der Waals surface area (Å²) in [6, 6.07) is 20.0. The third-order valence-electron chi connectivity index (χ3n) is 4.28. The molecule has 5 heteroatoms. The highest BCUT2D eigenvalue weighted by Crippen LogP contribution is 2.26. The van der Waals surface area contributed by atoms with E-state index in [1.54, 1.807) is 0 Å². The van der Waals surface area contributed by atoms with Crippen molar-refractivity contribution in [2.24, 2.45) is 0 Å². The number of alkyl halides is 1. The maximum atomic E-state index is 10.2. The fourth-order valence-corrected chi connectivity index (χ4v) is 3.64. The SMILES string of the molecule is O[C@H]1O[C@H](CI)[C@@H](OCc2ccccc2)C[C@@H]1OCc1ccccc1. The van der Waals surface area contributed by atoms with Crippen LogP contribution in [-0.2, 0) is 27.4 Å². The molecule has 1 heterocycles. The van der Waals surface area contributed by atoms with Gasteiger partial charge in [0, 0.05) is 10.8 Å². The van der Waals surface area contributed by atoms with Crippen LogP contribution in [0.1, 0.15) is 17.5 Å². The van der Waals surface area contributed by atoms with Crippen LogP contribution in [0.4, 0.5) is 0 Å². The summed E-state index contributed by atoms with van der Waals surface area (Å²) >= 11 is 2.27. The van der Waals surface area contributed by atoms with Crippen LogP contribution in [0, 0.1) is 0 Å². The quantitative estimate of drug-likeness (QED) is 0.512. The van der Waals surface area contributed by atoms with Gasteiger partial charge in [0.05, 0.1) is 25.4 Å². The number of aliphatic hydroxyl groups excluding tert-OH is 1. The molecule has 0 aliphatic carbocycles. The minimum absolute atomic E-state index is 0.0960. The summed E-state index contributed by atoms with van der Waals surface area (Å²) in [5.74, 6) is 0. The molecule has 1 N–H and O–H groups in total. The Hall–Kier alpha value is -0.990. The van der Waals surface area contributed by atoms with Crippen molar-refractivity contribution >= 4 is 22.6 Å². The van der Waals surface area contributed by atoms with E-state index in [-0.39, 0.29) is 18.3 Å². The van der Waals surface area contributed by atoms with E-state index in [4.69, 9.17) is 14.2 Å². The first kappa shape index (κ1) is 18.8. The Labute approximate surface area is 162 Å². The smallest absolute Gasteiger partial charge is 0.181 e. The average Bonchev–Trinajstić information content (AvgIpc) is 2.67. The van der Waals surface area contributed by atoms with Crippen LogP contribution >= 0.6 is 22.6 Å². The van der Waals surface area contributed by atoms with Gasteiger partial charge in [0.15, 0.2) is 6.29 Å². The van der Waals surface area contributed by atoms with Crippen molar-refractivity contribution < 1.29 is 19.3 Å². The minimum atomic E-state index is -0.917. The van der Waals surface area contributed by atoms with Gasteiger partial charge in [-0.05, 0) is 11.1 Å². The second kappa shape index (κ2) is 9.64. The van der Waals surface area contributed by atoms with Crippen molar-refractivity contribution in [3.05, 3.63) is 71.8 Å². The van der Waals surface area contributed by atoms with Crippen molar-refractivity contribution in [1.82, 2.24) is 0 Å². The average molecular weight is 454 g/mol. The van der Waals surface area contributed by atoms with Crippen LogP contribution in [0.5, 0.6) is 0 Å². The van der Waals surface area contributed by atoms with Gasteiger partial charge in [-0.15, -0.1) is 0 Å². The molecule has 4 nitrogen and oxygen atoms in total. The predicted octanol–water partition coefficient (Wildman–Crippen LogP) is 3.70. The molecule has 0 bridgehead atoms. The molecule has 1 aliphatic heterocycles. The van der Waals surface area contributed by atoms with E-state index >= 15 is 0 Å². The molecule has 134 valence electrons. The van der Waals surface area contributed by atoms with Gasteiger partial charge in [-0.25, -0.2) is 0 Å². The summed E-state index contributed by atoms with van der Waals surface area (Å²) in [6.45, 7) is 0.982. The zero-order chi connectivity index (χ0) is 17.5. The number of aliphatic hydroxyl groups is 1. The van der Waals surface area contributed by atoms with E-state index in [9.17, 15) is 5.11 Å². The molecule has 25 heavy (non-hydrogen) atoms. The van der Waals surface area contributed by atoms with Gasteiger partial charge in [0.2, 0.25) is 0 Å². The number of halogens is 1. The Morgan fingerprint density at radius 2 is 1.40 bits per heavy atom. The molecule has 0 aromatic heterocycles. The highest BCUT2D eigenvalue weighted by Gasteiger charge is 2.38. The molecule has 0 spiro atoms. The fraction of sp³-hybridized carbons (Fsp3) is 0.400. The lowest BCUT2D eigenvalue weighted by Crippen LogP contribution is -2.49. The third kappa shape index (κ3) is 5.49. The Morgan fingerprint density at radius 1 is 0.880 bits per heavy atom. The van der Waals surface area contributed by atoms with Crippen molar-refractivity contribution in [1.29, 1.82) is 0 Å². The second-order valence-electron chi connectivity index (χ2n) is 6.13. The minimum Gasteiger partial charge on any atom is -0.371 e. The molecule has 1 saturated heterocycles. The van der Waals surface area contributed by atoms with Gasteiger partial charge in [0.25, 0.3) is 0 Å². The summed E-state index contributed by atoms with van der Waals surface area (Å²) in [5.41, 5.74) is 2.20. The van der Waals surface area contributed by atoms with E-state index in [0.29, 0.717) is 19.6 Å². The zero-order valence-corrected chi connectivity index (χ0v) is 16.1. The lowest BCUT2D eigenvalue weighted by Gasteiger charge is -2.38. The van der Waals surface area contributed by atoms with E-state index in [1.807, 2.05) is 60.7 Å².